The zero-order valence-corrected chi connectivity index (χ0v) is 24.8. The number of halogens is 6. The third-order valence-electron chi connectivity index (χ3n) is 4.77. The van der Waals surface area contributed by atoms with Crippen molar-refractivity contribution in [1.29, 1.82) is 0 Å². The fraction of sp³-hybridized carbons (Fsp3) is 0.762. The number of aromatic nitrogens is 1. The highest BCUT2D eigenvalue weighted by Crippen LogP contribution is 2.36. The molecule has 0 N–H and O–H groups in total. The van der Waals surface area contributed by atoms with Crippen molar-refractivity contribution >= 4 is 28.9 Å². The van der Waals surface area contributed by atoms with Crippen molar-refractivity contribution in [3.63, 3.8) is 0 Å². The lowest BCUT2D eigenvalue weighted by atomic mass is 10.4. The van der Waals surface area contributed by atoms with E-state index < -0.39 is 39.9 Å². The molecule has 0 atom stereocenters. The normalized spacial score (nSPS) is 13.2. The molecule has 0 aliphatic rings. The van der Waals surface area contributed by atoms with Crippen LogP contribution >= 0.6 is 0 Å². The molecule has 0 radical (unpaired) electrons. The van der Waals surface area contributed by atoms with Gasteiger partial charge in [-0.15, -0.1) is 0 Å². The Balaban J connectivity index is 0.000000830. The van der Waals surface area contributed by atoms with Gasteiger partial charge in [0.05, 0.1) is 0 Å². The fourth-order valence-corrected chi connectivity index (χ4v) is 6.91. The van der Waals surface area contributed by atoms with Crippen LogP contribution in [-0.4, -0.2) is 56.5 Å². The highest BCUT2D eigenvalue weighted by molar-refractivity contribution is 8.13. The summed E-state index contributed by atoms with van der Waals surface area (Å²) in [6, 6.07) is 6.22. The zero-order chi connectivity index (χ0) is 30.4. The van der Waals surface area contributed by atoms with E-state index in [2.05, 4.69) is 56.7 Å². The Morgan fingerprint density at radius 1 is 0.769 bits per heavy atom. The quantitative estimate of drug-likeness (QED) is 0.105. The average Bonchev–Trinajstić information content (AvgIpc) is 2.79. The molecule has 1 aromatic heterocycles. The number of sulfonamides is 2. The summed E-state index contributed by atoms with van der Waals surface area (Å²) in [7, 11) is -16.2. The maximum atomic E-state index is 11.4. The maximum Gasteiger partial charge on any atom is 0.570 e. The smallest absolute Gasteiger partial charge is 0.421 e. The average molecular weight is 635 g/mol. The predicted octanol–water partition coefficient (Wildman–Crippen LogP) is 5.27. The molecule has 0 fully saturated rings. The number of aryl methyl sites for hydroxylation is 1. The van der Waals surface area contributed by atoms with Crippen LogP contribution < -0.4 is 4.57 Å². The summed E-state index contributed by atoms with van der Waals surface area (Å²) >= 11 is 0. The lowest BCUT2D eigenvalue weighted by Crippen LogP contribution is -2.59. The van der Waals surface area contributed by atoms with Crippen molar-refractivity contribution in [3.8, 4) is 0 Å². The van der Waals surface area contributed by atoms with Crippen LogP contribution in [0.1, 0.15) is 65.0 Å². The predicted molar refractivity (Wildman–Crippen MR) is 133 cm³/mol. The van der Waals surface area contributed by atoms with Gasteiger partial charge in [0.15, 0.2) is 31.9 Å². The van der Waals surface area contributed by atoms with Gasteiger partial charge in [0.25, 0.3) is 0 Å². The summed E-state index contributed by atoms with van der Waals surface area (Å²) in [5.74, 6) is 0. The Kier molecular flexibility index (Phi) is 16.3. The number of hydrogen-bond acceptors (Lipinski definition) is 7. The maximum absolute atomic E-state index is 11.4. The summed E-state index contributed by atoms with van der Waals surface area (Å²) in [4.78, 5) is 0. The van der Waals surface area contributed by atoms with Crippen LogP contribution in [0.15, 0.2) is 24.4 Å². The third kappa shape index (κ3) is 13.7. The third-order valence-corrected chi connectivity index (χ3v) is 10.2. The van der Waals surface area contributed by atoms with Crippen molar-refractivity contribution in [1.82, 2.24) is 0 Å². The van der Waals surface area contributed by atoms with Crippen molar-refractivity contribution in [3.05, 3.63) is 34.2 Å². The summed E-state index contributed by atoms with van der Waals surface area (Å²) in [5, 5.41) is 0. The number of hydrogen-bond donors (Lipinski definition) is 0. The van der Waals surface area contributed by atoms with Crippen LogP contribution in [0, 0.1) is 6.92 Å². The van der Waals surface area contributed by atoms with Gasteiger partial charge in [-0.25, -0.2) is 16.8 Å². The SMILES string of the molecule is CCCCO[Si](C[n+]1ccccc1C)(OCCCC)OCCCC.O=S(=O)([N-]S(=O)(=O)C(F)(F)F)C(F)(F)F. The standard InChI is InChI=1S/C19H36NO3Si.C2F6NO4S2/c1-5-8-15-21-24(22-16-9-6-2,23-17-10-7-3)18-20-14-12-11-13-19(20)4;3-1(4,5)14(10,11)9-15(12,13)2(6,7)8/h11-14H,5-10,15-18H2,1-4H3;/q+1;-1. The van der Waals surface area contributed by atoms with Gasteiger partial charge < -0.3 is 17.4 Å². The van der Waals surface area contributed by atoms with Gasteiger partial charge in [-0.05, 0) is 19.3 Å². The first-order chi connectivity index (χ1) is 17.9. The molecule has 1 aromatic rings. The second kappa shape index (κ2) is 16.8. The number of rotatable bonds is 16. The van der Waals surface area contributed by atoms with Gasteiger partial charge in [0, 0.05) is 38.9 Å². The Bertz CT molecular complexity index is 987. The molecule has 1 heterocycles. The number of pyridine rings is 1. The highest BCUT2D eigenvalue weighted by atomic mass is 32.3. The van der Waals surface area contributed by atoms with Crippen molar-refractivity contribution < 1.29 is 61.0 Å². The monoisotopic (exact) mass is 634 g/mol. The zero-order valence-electron chi connectivity index (χ0n) is 22.2. The van der Waals surface area contributed by atoms with Gasteiger partial charge >= 0.3 is 19.8 Å². The molecule has 0 aliphatic carbocycles. The largest absolute Gasteiger partial charge is 0.570 e. The lowest BCUT2D eigenvalue weighted by molar-refractivity contribution is -0.691. The molecule has 0 saturated heterocycles. The fourth-order valence-electron chi connectivity index (χ4n) is 2.54. The molecule has 0 spiro atoms. The van der Waals surface area contributed by atoms with Gasteiger partial charge in [0.2, 0.25) is 6.17 Å². The van der Waals surface area contributed by atoms with Gasteiger partial charge in [-0.2, -0.15) is 30.9 Å². The molecule has 0 amide bonds. The van der Waals surface area contributed by atoms with E-state index in [-0.39, 0.29) is 0 Å². The van der Waals surface area contributed by atoms with Crippen molar-refractivity contribution in [2.45, 2.75) is 83.4 Å². The minimum atomic E-state index is -6.72. The number of alkyl halides is 6. The van der Waals surface area contributed by atoms with E-state index in [1.807, 2.05) is 0 Å². The Hall–Kier alpha value is -1.31. The van der Waals surface area contributed by atoms with E-state index in [0.29, 0.717) is 26.0 Å². The van der Waals surface area contributed by atoms with E-state index in [1.54, 1.807) is 0 Å². The molecule has 39 heavy (non-hydrogen) atoms. The Morgan fingerprint density at radius 3 is 1.46 bits per heavy atom. The van der Waals surface area contributed by atoms with Crippen molar-refractivity contribution in [2.75, 3.05) is 19.8 Å². The second-order valence-electron chi connectivity index (χ2n) is 8.18. The van der Waals surface area contributed by atoms with Crippen LogP contribution in [-0.2, 0) is 39.5 Å². The van der Waals surface area contributed by atoms with E-state index in [9.17, 15) is 43.2 Å². The highest BCUT2D eigenvalue weighted by Gasteiger charge is 2.48. The van der Waals surface area contributed by atoms with Crippen LogP contribution in [0.4, 0.5) is 26.3 Å². The van der Waals surface area contributed by atoms with Crippen molar-refractivity contribution in [2.24, 2.45) is 0 Å². The van der Waals surface area contributed by atoms with E-state index >= 15 is 0 Å². The molecule has 0 aliphatic heterocycles. The number of nitrogens with zero attached hydrogens (tertiary/aromatic N) is 2. The van der Waals surface area contributed by atoms with E-state index in [4.69, 9.17) is 13.3 Å². The summed E-state index contributed by atoms with van der Waals surface area (Å²) < 4.78 is 130. The first kappa shape index (κ1) is 37.7. The Labute approximate surface area is 227 Å². The molecule has 0 bridgehead atoms. The first-order valence-electron chi connectivity index (χ1n) is 12.1. The molecule has 18 heteroatoms. The molecule has 0 unspecified atom stereocenters. The van der Waals surface area contributed by atoms with Gasteiger partial charge in [-0.3, -0.25) is 0 Å². The molecule has 0 aromatic carbocycles. The van der Waals surface area contributed by atoms with Gasteiger partial charge in [-0.1, -0.05) is 46.1 Å². The summed E-state index contributed by atoms with van der Waals surface area (Å²) in [6.07, 6.45) is 9.26. The summed E-state index contributed by atoms with van der Waals surface area (Å²) in [6.45, 7) is 10.8. The van der Waals surface area contributed by atoms with Crippen LogP contribution in [0.5, 0.6) is 0 Å². The molecule has 9 nitrogen and oxygen atoms in total. The van der Waals surface area contributed by atoms with Crippen LogP contribution in [0.2, 0.25) is 0 Å². The first-order valence-corrected chi connectivity index (χ1v) is 16.9. The molecule has 1 rings (SSSR count). The van der Waals surface area contributed by atoms with Gasteiger partial charge in [0.1, 0.15) is 0 Å². The minimum Gasteiger partial charge on any atom is -0.421 e. The van der Waals surface area contributed by atoms with E-state index in [0.717, 1.165) is 42.7 Å². The molecular weight excluding hydrogens is 598 g/mol. The molecular formula is C21H36F6N2O7S2Si. The topological polar surface area (TPSA) is 114 Å². The lowest BCUT2D eigenvalue weighted by Gasteiger charge is -2.27. The molecule has 230 valence electrons. The molecule has 0 saturated carbocycles. The Morgan fingerprint density at radius 2 is 1.15 bits per heavy atom. The number of unbranched alkanes of at least 4 members (excludes halogenated alkanes) is 3. The van der Waals surface area contributed by atoms with E-state index in [1.165, 1.54) is 5.69 Å². The van der Waals surface area contributed by atoms with Crippen LogP contribution in [0.3, 0.4) is 0 Å². The minimum absolute atomic E-state index is 0.691. The van der Waals surface area contributed by atoms with Crippen LogP contribution in [0.25, 0.3) is 4.13 Å². The second-order valence-corrected chi connectivity index (χ2v) is 14.1. The summed E-state index contributed by atoms with van der Waals surface area (Å²) in [5.41, 5.74) is -11.2.